The van der Waals surface area contributed by atoms with Gasteiger partial charge in [0, 0.05) is 6.07 Å². The van der Waals surface area contributed by atoms with Gasteiger partial charge in [0.1, 0.15) is 0 Å². The number of hydrogen-bond donors (Lipinski definition) is 1. The summed E-state index contributed by atoms with van der Waals surface area (Å²) in [5, 5.41) is 2.96. The van der Waals surface area contributed by atoms with Gasteiger partial charge in [-0.25, -0.2) is 0 Å². The molecule has 1 aromatic rings. The van der Waals surface area contributed by atoms with Crippen molar-refractivity contribution < 1.29 is 0 Å². The Bertz CT molecular complexity index is 479. The highest BCUT2D eigenvalue weighted by Gasteiger charge is 2.46. The van der Waals surface area contributed by atoms with Crippen molar-refractivity contribution in [3.8, 4) is 0 Å². The molecule has 0 saturated heterocycles. The minimum absolute atomic E-state index is 0.652. The number of nitrogens with one attached hydrogen (secondary N) is 1. The number of halogens is 2. The molecular formula is C10H7Cl2N3+. The van der Waals surface area contributed by atoms with E-state index in [2.05, 4.69) is 10.3 Å². The average molecular weight is 240 g/mol. The first-order chi connectivity index (χ1) is 7.18. The molecule has 0 atom stereocenters. The van der Waals surface area contributed by atoms with E-state index >= 15 is 0 Å². The van der Waals surface area contributed by atoms with Crippen molar-refractivity contribution in [2.75, 3.05) is 0 Å². The maximum Gasteiger partial charge on any atom is 0.365 e. The average Bonchev–Trinajstić information content (AvgIpc) is 2.65. The van der Waals surface area contributed by atoms with Crippen molar-refractivity contribution >= 4 is 34.8 Å². The van der Waals surface area contributed by atoms with Gasteiger partial charge in [-0.05, 0) is 11.0 Å². The summed E-state index contributed by atoms with van der Waals surface area (Å²) < 4.78 is -1.11. The van der Waals surface area contributed by atoms with E-state index in [0.29, 0.717) is 5.96 Å². The zero-order chi connectivity index (χ0) is 10.5. The number of guanidine groups is 1. The number of alkyl halides is 2. The molecule has 0 amide bonds. The molecule has 0 aliphatic carbocycles. The van der Waals surface area contributed by atoms with Crippen LogP contribution in [0.1, 0.15) is 5.56 Å². The second-order valence-corrected chi connectivity index (χ2v) is 4.66. The lowest BCUT2D eigenvalue weighted by Crippen LogP contribution is -2.49. The van der Waals surface area contributed by atoms with E-state index in [1.807, 2.05) is 35.4 Å². The van der Waals surface area contributed by atoms with E-state index in [0.717, 1.165) is 11.3 Å². The van der Waals surface area contributed by atoms with Crippen molar-refractivity contribution in [1.82, 2.24) is 10.2 Å². The Hall–Kier alpha value is -1.03. The highest BCUT2D eigenvalue weighted by molar-refractivity contribution is 6.49. The molecule has 2 heterocycles. The number of nitrogens with zero attached hydrogens (tertiary/aromatic N) is 2. The summed E-state index contributed by atoms with van der Waals surface area (Å²) in [6.45, 7) is 0. The molecule has 0 aromatic heterocycles. The largest absolute Gasteiger partial charge is 0.365 e. The normalized spacial score (nSPS) is 21.6. The summed E-state index contributed by atoms with van der Waals surface area (Å²) in [5.41, 5.74) is 1.78. The number of anilines is 1. The van der Waals surface area contributed by atoms with Crippen LogP contribution in [0.2, 0.25) is 0 Å². The highest BCUT2D eigenvalue weighted by Crippen LogP contribution is 2.41. The van der Waals surface area contributed by atoms with Crippen molar-refractivity contribution in [3.63, 3.8) is 0 Å². The third-order valence-electron chi connectivity index (χ3n) is 2.41. The lowest BCUT2D eigenvalue weighted by Gasteiger charge is -2.27. The number of para-hydroxylation sites is 1. The summed E-state index contributed by atoms with van der Waals surface area (Å²) in [5.74, 6) is 0.652. The molecule has 15 heavy (non-hydrogen) atoms. The Morgan fingerprint density at radius 2 is 2.07 bits per heavy atom. The lowest BCUT2D eigenvalue weighted by atomic mass is 10.1. The monoisotopic (exact) mass is 239 g/mol. The molecule has 1 N–H and O–H groups in total. The van der Waals surface area contributed by atoms with Crippen LogP contribution in [-0.4, -0.2) is 5.96 Å². The molecule has 1 radical (unpaired) electrons. The van der Waals surface area contributed by atoms with Crippen LogP contribution in [0.5, 0.6) is 0 Å². The van der Waals surface area contributed by atoms with E-state index in [4.69, 9.17) is 23.2 Å². The minimum atomic E-state index is -1.11. The standard InChI is InChI=1S/C10H7Cl2N3/c11-10(12)7-3-1-2-4-8(7)15-6-5-13-9(15)14-10/h1-6H,(H,13,14)/q+1. The minimum Gasteiger partial charge on any atom is -0.283 e. The summed E-state index contributed by atoms with van der Waals surface area (Å²) in [4.78, 5) is 6.05. The molecule has 0 unspecified atom stereocenters. The molecule has 1 aromatic carbocycles. The summed E-state index contributed by atoms with van der Waals surface area (Å²) in [6.07, 6.45) is 3.57. The zero-order valence-corrected chi connectivity index (χ0v) is 9.13. The van der Waals surface area contributed by atoms with Gasteiger partial charge in [-0.15, -0.1) is 0 Å². The van der Waals surface area contributed by atoms with Crippen molar-refractivity contribution in [3.05, 3.63) is 42.2 Å². The van der Waals surface area contributed by atoms with Gasteiger partial charge < -0.3 is 0 Å². The Kier molecular flexibility index (Phi) is 1.83. The van der Waals surface area contributed by atoms with Gasteiger partial charge in [0.15, 0.2) is 6.20 Å². The van der Waals surface area contributed by atoms with Gasteiger partial charge in [0.05, 0.1) is 11.8 Å². The van der Waals surface area contributed by atoms with Crippen LogP contribution >= 0.6 is 23.2 Å². The predicted octanol–water partition coefficient (Wildman–Crippen LogP) is 2.49. The Balaban J connectivity index is 2.24. The van der Waals surface area contributed by atoms with Crippen LogP contribution in [0, 0.1) is 0 Å². The summed E-state index contributed by atoms with van der Waals surface area (Å²) >= 11 is 12.4. The second kappa shape index (κ2) is 2.98. The van der Waals surface area contributed by atoms with E-state index in [1.165, 1.54) is 0 Å². The van der Waals surface area contributed by atoms with Crippen molar-refractivity contribution in [1.29, 1.82) is 0 Å². The fraction of sp³-hybridized carbons (Fsp3) is 0.100. The summed E-state index contributed by atoms with van der Waals surface area (Å²) in [7, 11) is 0. The van der Waals surface area contributed by atoms with E-state index < -0.39 is 4.46 Å². The number of fused-ring (bicyclic) bond motifs is 3. The lowest BCUT2D eigenvalue weighted by molar-refractivity contribution is 0.700. The topological polar surface area (TPSA) is 30.3 Å². The van der Waals surface area contributed by atoms with Gasteiger partial charge in [-0.3, -0.25) is 5.32 Å². The van der Waals surface area contributed by atoms with Gasteiger partial charge in [0.25, 0.3) is 0 Å². The maximum atomic E-state index is 6.19. The van der Waals surface area contributed by atoms with Crippen LogP contribution in [0.25, 0.3) is 0 Å². The number of hydrogen-bond acceptors (Lipinski definition) is 3. The zero-order valence-electron chi connectivity index (χ0n) is 7.61. The predicted molar refractivity (Wildman–Crippen MR) is 61.3 cm³/mol. The van der Waals surface area contributed by atoms with Gasteiger partial charge in [-0.1, -0.05) is 35.3 Å². The maximum absolute atomic E-state index is 6.19. The molecule has 5 heteroatoms. The quantitative estimate of drug-likeness (QED) is 0.421. The SMILES string of the molecule is ClC1(Cl)NC2=NC=C[N+]2c2ccccc21. The second-order valence-electron chi connectivity index (χ2n) is 3.34. The fourth-order valence-electron chi connectivity index (χ4n) is 1.75. The molecule has 3 nitrogen and oxygen atoms in total. The first-order valence-electron chi connectivity index (χ1n) is 4.48. The smallest absolute Gasteiger partial charge is 0.283 e. The molecular weight excluding hydrogens is 233 g/mol. The van der Waals surface area contributed by atoms with Gasteiger partial charge >= 0.3 is 5.96 Å². The van der Waals surface area contributed by atoms with E-state index in [9.17, 15) is 0 Å². The van der Waals surface area contributed by atoms with Crippen LogP contribution in [-0.2, 0) is 4.46 Å². The van der Waals surface area contributed by atoms with Crippen molar-refractivity contribution in [2.45, 2.75) is 4.46 Å². The molecule has 2 aliphatic rings. The van der Waals surface area contributed by atoms with E-state index in [-0.39, 0.29) is 0 Å². The van der Waals surface area contributed by atoms with Gasteiger partial charge in [-0.2, -0.15) is 4.99 Å². The van der Waals surface area contributed by atoms with Crippen LogP contribution in [0.15, 0.2) is 41.7 Å². The highest BCUT2D eigenvalue weighted by atomic mass is 35.5. The third kappa shape index (κ3) is 1.28. The van der Waals surface area contributed by atoms with E-state index in [1.54, 1.807) is 6.20 Å². The fourth-order valence-corrected chi connectivity index (χ4v) is 2.24. The molecule has 0 fully saturated rings. The Morgan fingerprint density at radius 3 is 2.93 bits per heavy atom. The number of aliphatic imine (C=N–C) groups is 1. The van der Waals surface area contributed by atoms with Crippen LogP contribution < -0.4 is 10.2 Å². The number of rotatable bonds is 0. The Morgan fingerprint density at radius 1 is 1.27 bits per heavy atom. The van der Waals surface area contributed by atoms with Crippen molar-refractivity contribution in [2.24, 2.45) is 4.99 Å². The molecule has 0 bridgehead atoms. The molecule has 3 rings (SSSR count). The first kappa shape index (κ1) is 9.21. The molecule has 2 aliphatic heterocycles. The third-order valence-corrected chi connectivity index (χ3v) is 3.01. The Labute approximate surface area is 97.0 Å². The molecule has 75 valence electrons. The molecule has 0 spiro atoms. The number of benzene rings is 1. The van der Waals surface area contributed by atoms with Gasteiger partial charge in [0.2, 0.25) is 10.1 Å². The first-order valence-corrected chi connectivity index (χ1v) is 5.23. The summed E-state index contributed by atoms with van der Waals surface area (Å²) in [6, 6.07) is 7.70. The molecule has 0 saturated carbocycles. The van der Waals surface area contributed by atoms with Crippen LogP contribution in [0.4, 0.5) is 5.69 Å². The van der Waals surface area contributed by atoms with Crippen LogP contribution in [0.3, 0.4) is 0 Å².